The van der Waals surface area contributed by atoms with Crippen molar-refractivity contribution in [2.75, 3.05) is 5.06 Å². The van der Waals surface area contributed by atoms with Crippen LogP contribution in [0, 0.1) is 0 Å². The normalized spacial score (nSPS) is 12.2. The number of anilines is 1. The van der Waals surface area contributed by atoms with Crippen LogP contribution in [0.2, 0.25) is 0 Å². The molecule has 0 bridgehead atoms. The smallest absolute Gasteiger partial charge is 0.343 e. The lowest BCUT2D eigenvalue weighted by molar-refractivity contribution is -0.140. The van der Waals surface area contributed by atoms with Crippen LogP contribution in [0.4, 0.5) is 5.69 Å². The van der Waals surface area contributed by atoms with Crippen molar-refractivity contribution in [1.82, 2.24) is 4.98 Å². The zero-order valence-corrected chi connectivity index (χ0v) is 6.66. The Hall–Kier alpha value is -1.66. The molecule has 1 aromatic rings. The molecule has 0 saturated heterocycles. The summed E-state index contributed by atoms with van der Waals surface area (Å²) in [6, 6.07) is 3.06. The number of aromatic nitrogens is 1. The zero-order valence-electron chi connectivity index (χ0n) is 6.66. The molecule has 0 spiro atoms. The van der Waals surface area contributed by atoms with Gasteiger partial charge in [-0.1, -0.05) is 0 Å². The summed E-state index contributed by atoms with van der Waals surface area (Å²) in [6.07, 6.45) is 1.33. The van der Waals surface area contributed by atoms with E-state index < -0.39 is 12.1 Å². The van der Waals surface area contributed by atoms with Crippen LogP contribution in [-0.4, -0.2) is 27.4 Å². The molecule has 1 aromatic heterocycles. The Balaban J connectivity index is 2.79. The fourth-order valence-electron chi connectivity index (χ4n) is 0.754. The van der Waals surface area contributed by atoms with E-state index in [9.17, 15) is 10.0 Å². The van der Waals surface area contributed by atoms with Gasteiger partial charge in [0.25, 0.3) is 0 Å². The number of carbonyl (C=O) groups is 1. The van der Waals surface area contributed by atoms with Gasteiger partial charge in [-0.3, -0.25) is 15.9 Å². The summed E-state index contributed by atoms with van der Waals surface area (Å²) >= 11 is 0. The van der Waals surface area contributed by atoms with Crippen LogP contribution in [0.15, 0.2) is 24.5 Å². The maximum atomic E-state index is 10.4. The number of carboxylic acids is 1. The second-order valence-electron chi connectivity index (χ2n) is 2.34. The van der Waals surface area contributed by atoms with Crippen molar-refractivity contribution in [3.8, 4) is 0 Å². The number of pyridine rings is 1. The van der Waals surface area contributed by atoms with E-state index in [0.29, 0.717) is 5.06 Å². The van der Waals surface area contributed by atoms with Crippen molar-refractivity contribution in [2.24, 2.45) is 5.73 Å². The summed E-state index contributed by atoms with van der Waals surface area (Å²) in [5, 5.41) is 18.2. The Morgan fingerprint density at radius 1 is 1.69 bits per heavy atom. The highest BCUT2D eigenvalue weighted by molar-refractivity contribution is 5.76. The van der Waals surface area contributed by atoms with Gasteiger partial charge in [-0.25, -0.2) is 9.86 Å². The topological polar surface area (TPSA) is 99.7 Å². The zero-order chi connectivity index (χ0) is 9.84. The number of hydrogen-bond donors (Lipinski definition) is 3. The Bertz CT molecular complexity index is 290. The molecule has 0 aliphatic carbocycles. The summed E-state index contributed by atoms with van der Waals surface area (Å²) in [5.74, 6) is -1.31. The molecular formula is C7H9N3O3. The third-order valence-corrected chi connectivity index (χ3v) is 1.43. The third kappa shape index (κ3) is 2.14. The van der Waals surface area contributed by atoms with Gasteiger partial charge in [0.1, 0.15) is 0 Å². The molecule has 1 unspecified atom stereocenters. The lowest BCUT2D eigenvalue weighted by Gasteiger charge is -2.19. The summed E-state index contributed by atoms with van der Waals surface area (Å²) in [5.41, 5.74) is 5.37. The van der Waals surface area contributed by atoms with Gasteiger partial charge in [0.05, 0.1) is 11.9 Å². The van der Waals surface area contributed by atoms with Crippen LogP contribution in [0.3, 0.4) is 0 Å². The SMILES string of the molecule is NC(C(=O)O)N(O)c1cccnc1. The predicted molar refractivity (Wildman–Crippen MR) is 44.1 cm³/mol. The molecule has 1 heterocycles. The Kier molecular flexibility index (Phi) is 2.78. The monoisotopic (exact) mass is 183 g/mol. The molecule has 1 atom stereocenters. The molecule has 6 heteroatoms. The molecule has 0 saturated carbocycles. The quantitative estimate of drug-likeness (QED) is 0.437. The first kappa shape index (κ1) is 9.43. The highest BCUT2D eigenvalue weighted by atomic mass is 16.5. The molecule has 6 nitrogen and oxygen atoms in total. The van der Waals surface area contributed by atoms with E-state index >= 15 is 0 Å². The van der Waals surface area contributed by atoms with Gasteiger partial charge in [0.2, 0.25) is 6.17 Å². The van der Waals surface area contributed by atoms with Gasteiger partial charge < -0.3 is 5.11 Å². The highest BCUT2D eigenvalue weighted by Gasteiger charge is 2.19. The summed E-state index contributed by atoms with van der Waals surface area (Å²) < 4.78 is 0. The summed E-state index contributed by atoms with van der Waals surface area (Å²) in [4.78, 5) is 14.1. The maximum absolute atomic E-state index is 10.4. The largest absolute Gasteiger partial charge is 0.479 e. The highest BCUT2D eigenvalue weighted by Crippen LogP contribution is 2.09. The van der Waals surface area contributed by atoms with E-state index in [1.807, 2.05) is 0 Å². The van der Waals surface area contributed by atoms with Crippen LogP contribution >= 0.6 is 0 Å². The second kappa shape index (κ2) is 3.83. The van der Waals surface area contributed by atoms with E-state index in [1.165, 1.54) is 18.5 Å². The maximum Gasteiger partial charge on any atom is 0.343 e. The van der Waals surface area contributed by atoms with Gasteiger partial charge in [0.15, 0.2) is 0 Å². The van der Waals surface area contributed by atoms with E-state index in [2.05, 4.69) is 4.98 Å². The molecule has 1 rings (SSSR count). The van der Waals surface area contributed by atoms with E-state index in [4.69, 9.17) is 10.8 Å². The average Bonchev–Trinajstić information content (AvgIpc) is 2.17. The summed E-state index contributed by atoms with van der Waals surface area (Å²) in [7, 11) is 0. The first-order chi connectivity index (χ1) is 6.13. The number of nitrogens with zero attached hydrogens (tertiary/aromatic N) is 2. The van der Waals surface area contributed by atoms with Crippen LogP contribution in [0.1, 0.15) is 0 Å². The minimum absolute atomic E-state index is 0.234. The number of nitrogens with two attached hydrogens (primary N) is 1. The molecule has 70 valence electrons. The summed E-state index contributed by atoms with van der Waals surface area (Å²) in [6.45, 7) is 0. The molecule has 13 heavy (non-hydrogen) atoms. The standard InChI is InChI=1S/C7H9N3O3/c8-6(7(11)12)10(13)5-2-1-3-9-4-5/h1-4,6,13H,8H2,(H,11,12). The molecule has 0 fully saturated rings. The van der Waals surface area contributed by atoms with Gasteiger partial charge in [0, 0.05) is 6.20 Å². The Morgan fingerprint density at radius 2 is 2.38 bits per heavy atom. The lowest BCUT2D eigenvalue weighted by Crippen LogP contribution is -2.46. The molecule has 0 radical (unpaired) electrons. The molecule has 0 aromatic carbocycles. The minimum Gasteiger partial charge on any atom is -0.479 e. The van der Waals surface area contributed by atoms with Gasteiger partial charge >= 0.3 is 5.97 Å². The fourth-order valence-corrected chi connectivity index (χ4v) is 0.754. The van der Waals surface area contributed by atoms with E-state index in [-0.39, 0.29) is 5.69 Å². The van der Waals surface area contributed by atoms with Crippen molar-refractivity contribution in [1.29, 1.82) is 0 Å². The molecule has 4 N–H and O–H groups in total. The third-order valence-electron chi connectivity index (χ3n) is 1.43. The molecule has 0 aliphatic rings. The predicted octanol–water partition coefficient (Wildman–Crippen LogP) is -0.353. The Morgan fingerprint density at radius 3 is 2.85 bits per heavy atom. The van der Waals surface area contributed by atoms with Crippen LogP contribution in [0.25, 0.3) is 0 Å². The van der Waals surface area contributed by atoms with Gasteiger partial charge in [-0.2, -0.15) is 0 Å². The first-order valence-corrected chi connectivity index (χ1v) is 3.49. The van der Waals surface area contributed by atoms with Crippen molar-refractivity contribution in [3.05, 3.63) is 24.5 Å². The Labute approximate surface area is 74.2 Å². The van der Waals surface area contributed by atoms with Gasteiger partial charge in [-0.15, -0.1) is 0 Å². The van der Waals surface area contributed by atoms with Crippen LogP contribution in [0.5, 0.6) is 0 Å². The first-order valence-electron chi connectivity index (χ1n) is 3.49. The molecule has 0 aliphatic heterocycles. The number of aliphatic carboxylic acids is 1. The fraction of sp³-hybridized carbons (Fsp3) is 0.143. The lowest BCUT2D eigenvalue weighted by atomic mass is 10.4. The van der Waals surface area contributed by atoms with Crippen LogP contribution in [-0.2, 0) is 4.79 Å². The molecule has 0 amide bonds. The van der Waals surface area contributed by atoms with Gasteiger partial charge in [-0.05, 0) is 12.1 Å². The second-order valence-corrected chi connectivity index (χ2v) is 2.34. The van der Waals surface area contributed by atoms with Crippen molar-refractivity contribution in [3.63, 3.8) is 0 Å². The van der Waals surface area contributed by atoms with E-state index in [1.54, 1.807) is 6.07 Å². The van der Waals surface area contributed by atoms with Crippen molar-refractivity contribution in [2.45, 2.75) is 6.17 Å². The minimum atomic E-state index is -1.48. The number of carboxylic acid groups (broad SMARTS) is 1. The van der Waals surface area contributed by atoms with Crippen molar-refractivity contribution >= 4 is 11.7 Å². The number of hydroxylamine groups is 1. The number of hydrogen-bond acceptors (Lipinski definition) is 5. The van der Waals surface area contributed by atoms with E-state index in [0.717, 1.165) is 0 Å². The van der Waals surface area contributed by atoms with Crippen LogP contribution < -0.4 is 10.8 Å². The molecular weight excluding hydrogens is 174 g/mol. The van der Waals surface area contributed by atoms with Crippen molar-refractivity contribution < 1.29 is 15.1 Å². The average molecular weight is 183 g/mol. The number of rotatable bonds is 3.